The summed E-state index contributed by atoms with van der Waals surface area (Å²) < 4.78 is 0. The van der Waals surface area contributed by atoms with Crippen LogP contribution in [0.5, 0.6) is 0 Å². The first kappa shape index (κ1) is 12.7. The molecule has 0 unspecified atom stereocenters. The molecule has 2 heterocycles. The van der Waals surface area contributed by atoms with E-state index >= 15 is 0 Å². The van der Waals surface area contributed by atoms with Crippen LogP contribution in [0.2, 0.25) is 0 Å². The van der Waals surface area contributed by atoms with E-state index in [2.05, 4.69) is 15.6 Å². The Labute approximate surface area is 105 Å². The van der Waals surface area contributed by atoms with Gasteiger partial charge in [-0.2, -0.15) is 0 Å². The van der Waals surface area contributed by atoms with Crippen molar-refractivity contribution in [2.45, 2.75) is 39.2 Å². The number of hydrazine groups is 1. The first-order valence-electron chi connectivity index (χ1n) is 5.73. The lowest BCUT2D eigenvalue weighted by Crippen LogP contribution is -2.40. The molecule has 6 nitrogen and oxygen atoms in total. The first-order valence-corrected chi connectivity index (χ1v) is 6.55. The zero-order chi connectivity index (χ0) is 12.4. The van der Waals surface area contributed by atoms with Crippen molar-refractivity contribution in [3.8, 4) is 0 Å². The highest BCUT2D eigenvalue weighted by atomic mass is 32.1. The van der Waals surface area contributed by atoms with Gasteiger partial charge in [-0.05, 0) is 13.8 Å². The number of aliphatic hydroxyl groups is 1. The quantitative estimate of drug-likeness (QED) is 0.451. The molecule has 0 spiro atoms. The van der Waals surface area contributed by atoms with Gasteiger partial charge >= 0.3 is 0 Å². The molecule has 1 atom stereocenters. The molecular weight excluding hydrogens is 238 g/mol. The Morgan fingerprint density at radius 1 is 1.53 bits per heavy atom. The normalized spacial score (nSPS) is 18.2. The van der Waals surface area contributed by atoms with Crippen molar-refractivity contribution in [3.05, 3.63) is 10.6 Å². The fourth-order valence-corrected chi connectivity index (χ4v) is 2.81. The lowest BCUT2D eigenvalue weighted by molar-refractivity contribution is 0.155. The van der Waals surface area contributed by atoms with E-state index in [1.54, 1.807) is 16.3 Å². The summed E-state index contributed by atoms with van der Waals surface area (Å²) >= 11 is 1.55. The van der Waals surface area contributed by atoms with Crippen molar-refractivity contribution in [2.24, 2.45) is 5.84 Å². The molecule has 1 aliphatic rings. The van der Waals surface area contributed by atoms with Crippen LogP contribution in [-0.2, 0) is 13.0 Å². The lowest BCUT2D eigenvalue weighted by atomic mass is 10.2. The number of aromatic nitrogens is 1. The number of hydrogen-bond acceptors (Lipinski definition) is 7. The fraction of sp³-hybridized carbons (Fsp3) is 0.700. The molecule has 0 aromatic carbocycles. The van der Waals surface area contributed by atoms with Gasteiger partial charge < -0.3 is 10.4 Å². The minimum Gasteiger partial charge on any atom is -0.361 e. The van der Waals surface area contributed by atoms with Crippen molar-refractivity contribution in [2.75, 3.05) is 11.9 Å². The largest absolute Gasteiger partial charge is 0.361 e. The van der Waals surface area contributed by atoms with Gasteiger partial charge in [0.25, 0.3) is 0 Å². The van der Waals surface area contributed by atoms with Gasteiger partial charge in [0, 0.05) is 30.4 Å². The van der Waals surface area contributed by atoms with Crippen molar-refractivity contribution < 1.29 is 5.11 Å². The minimum absolute atomic E-state index is 0.214. The van der Waals surface area contributed by atoms with Crippen molar-refractivity contribution in [1.82, 2.24) is 15.3 Å². The molecule has 1 aromatic rings. The van der Waals surface area contributed by atoms with E-state index in [0.717, 1.165) is 30.3 Å². The highest BCUT2D eigenvalue weighted by molar-refractivity contribution is 7.15. The summed E-state index contributed by atoms with van der Waals surface area (Å²) in [4.78, 5) is 5.64. The molecule has 7 heteroatoms. The van der Waals surface area contributed by atoms with Gasteiger partial charge in [-0.15, -0.1) is 11.3 Å². The van der Waals surface area contributed by atoms with Gasteiger partial charge in [-0.1, -0.05) is 0 Å². The number of thiazole rings is 1. The van der Waals surface area contributed by atoms with Crippen LogP contribution in [0.4, 0.5) is 5.13 Å². The molecule has 0 bridgehead atoms. The number of hydrogen-bond donors (Lipinski definition) is 4. The van der Waals surface area contributed by atoms with Gasteiger partial charge in [0.05, 0.1) is 5.69 Å². The molecule has 0 aliphatic carbocycles. The molecule has 2 rings (SSSR count). The molecule has 17 heavy (non-hydrogen) atoms. The van der Waals surface area contributed by atoms with E-state index in [1.807, 2.05) is 13.8 Å². The number of nitrogens with two attached hydrogens (primary N) is 1. The summed E-state index contributed by atoms with van der Waals surface area (Å²) in [6.07, 6.45) is 0.106. The van der Waals surface area contributed by atoms with Gasteiger partial charge in [-0.25, -0.2) is 9.99 Å². The Kier molecular flexibility index (Phi) is 3.95. The SMILES string of the molecule is CC(C)N[C@H](O)Nc1nc2c(s1)CN(N)CC2. The number of fused-ring (bicyclic) bond motifs is 1. The fourth-order valence-electron chi connectivity index (χ4n) is 1.75. The summed E-state index contributed by atoms with van der Waals surface area (Å²) in [6, 6.07) is 0.214. The molecule has 0 amide bonds. The second-order valence-corrected chi connectivity index (χ2v) is 5.56. The highest BCUT2D eigenvalue weighted by Crippen LogP contribution is 2.27. The zero-order valence-corrected chi connectivity index (χ0v) is 10.9. The standard InChI is InChI=1S/C10H19N5OS/c1-6(2)12-9(16)14-10-13-7-3-4-15(11)5-8(7)17-10/h6,9,12,16H,3-5,11H2,1-2H3,(H,13,14)/t9-/m0/s1. The zero-order valence-electron chi connectivity index (χ0n) is 10.1. The molecule has 0 radical (unpaired) electrons. The smallest absolute Gasteiger partial charge is 0.186 e. The third kappa shape index (κ3) is 3.36. The second-order valence-electron chi connectivity index (χ2n) is 4.48. The summed E-state index contributed by atoms with van der Waals surface area (Å²) in [5.41, 5.74) is 1.09. The van der Waals surface area contributed by atoms with Crippen LogP contribution in [0.1, 0.15) is 24.4 Å². The summed E-state index contributed by atoms with van der Waals surface area (Å²) in [5.74, 6) is 5.76. The Morgan fingerprint density at radius 2 is 2.29 bits per heavy atom. The minimum atomic E-state index is -0.767. The predicted molar refractivity (Wildman–Crippen MR) is 68.3 cm³/mol. The molecule has 0 saturated heterocycles. The number of nitrogens with zero attached hydrogens (tertiary/aromatic N) is 2. The second kappa shape index (κ2) is 5.28. The average Bonchev–Trinajstić information content (AvgIpc) is 2.57. The number of anilines is 1. The molecule has 1 aliphatic heterocycles. The molecule has 1 aromatic heterocycles. The molecule has 5 N–H and O–H groups in total. The van der Waals surface area contributed by atoms with Crippen LogP contribution >= 0.6 is 11.3 Å². The molecule has 96 valence electrons. The first-order chi connectivity index (χ1) is 8.04. The Hall–Kier alpha value is -0.730. The van der Waals surface area contributed by atoms with Crippen LogP contribution in [-0.4, -0.2) is 34.0 Å². The Balaban J connectivity index is 1.98. The summed E-state index contributed by atoms with van der Waals surface area (Å²) in [5, 5.41) is 18.1. The number of aliphatic hydroxyl groups excluding tert-OH is 1. The van der Waals surface area contributed by atoms with Crippen LogP contribution in [0.15, 0.2) is 0 Å². The molecule has 0 fully saturated rings. The van der Waals surface area contributed by atoms with Crippen LogP contribution in [0.3, 0.4) is 0 Å². The summed E-state index contributed by atoms with van der Waals surface area (Å²) in [7, 11) is 0. The van der Waals surface area contributed by atoms with Gasteiger partial charge in [0.1, 0.15) is 0 Å². The van der Waals surface area contributed by atoms with Crippen LogP contribution in [0, 0.1) is 0 Å². The van der Waals surface area contributed by atoms with Gasteiger partial charge in [0.2, 0.25) is 0 Å². The van der Waals surface area contributed by atoms with E-state index < -0.39 is 6.35 Å². The maximum Gasteiger partial charge on any atom is 0.186 e. The highest BCUT2D eigenvalue weighted by Gasteiger charge is 2.19. The maximum absolute atomic E-state index is 9.70. The number of rotatable bonds is 4. The summed E-state index contributed by atoms with van der Waals surface area (Å²) in [6.45, 7) is 5.53. The van der Waals surface area contributed by atoms with E-state index in [9.17, 15) is 5.11 Å². The predicted octanol–water partition coefficient (Wildman–Crippen LogP) is 0.0607. The van der Waals surface area contributed by atoms with Crippen LogP contribution < -0.4 is 16.5 Å². The van der Waals surface area contributed by atoms with Gasteiger partial charge in [-0.3, -0.25) is 11.2 Å². The third-order valence-electron chi connectivity index (χ3n) is 2.51. The third-order valence-corrected chi connectivity index (χ3v) is 3.53. The van der Waals surface area contributed by atoms with E-state index in [-0.39, 0.29) is 6.04 Å². The molecular formula is C10H19N5OS. The maximum atomic E-state index is 9.70. The van der Waals surface area contributed by atoms with E-state index in [1.165, 1.54) is 4.88 Å². The van der Waals surface area contributed by atoms with Gasteiger partial charge in [0.15, 0.2) is 11.5 Å². The van der Waals surface area contributed by atoms with Crippen molar-refractivity contribution in [1.29, 1.82) is 0 Å². The van der Waals surface area contributed by atoms with Crippen LogP contribution in [0.25, 0.3) is 0 Å². The molecule has 0 saturated carbocycles. The Morgan fingerprint density at radius 3 is 3.00 bits per heavy atom. The van der Waals surface area contributed by atoms with Crippen molar-refractivity contribution >= 4 is 16.5 Å². The Bertz CT molecular complexity index is 381. The van der Waals surface area contributed by atoms with E-state index in [4.69, 9.17) is 5.84 Å². The lowest BCUT2D eigenvalue weighted by Gasteiger charge is -2.19. The average molecular weight is 257 g/mol. The monoisotopic (exact) mass is 257 g/mol. The van der Waals surface area contributed by atoms with Crippen molar-refractivity contribution in [3.63, 3.8) is 0 Å². The topological polar surface area (TPSA) is 86.4 Å². The number of nitrogens with one attached hydrogen (secondary N) is 2. The van der Waals surface area contributed by atoms with E-state index in [0.29, 0.717) is 0 Å².